The summed E-state index contributed by atoms with van der Waals surface area (Å²) in [5, 5.41) is 0.793. The molecule has 0 fully saturated rings. The second kappa shape index (κ2) is 10.1. The van der Waals surface area contributed by atoms with Crippen LogP contribution in [0, 0.1) is 0 Å². The van der Waals surface area contributed by atoms with Crippen LogP contribution in [-0.2, 0) is 9.53 Å². The van der Waals surface area contributed by atoms with Gasteiger partial charge in [0.2, 0.25) is 6.79 Å². The second-order valence-corrected chi connectivity index (χ2v) is 10.5. The van der Waals surface area contributed by atoms with Crippen LogP contribution in [0.25, 0.3) is 17.4 Å². The SMILES string of the molecule is CCOC(=O)C1=C(C)N=c2s/c(=C/c3ccc(-c4cccc(Cl)c4Cl)o3)c(=O)n2[C@H]1c1ccc2c(c1)OCO2. The van der Waals surface area contributed by atoms with Crippen molar-refractivity contribution in [1.29, 1.82) is 0 Å². The first-order valence-electron chi connectivity index (χ1n) is 12.0. The number of benzene rings is 2. The molecular formula is C28H20Cl2N2O6S. The zero-order valence-corrected chi connectivity index (χ0v) is 23.0. The van der Waals surface area contributed by atoms with Crippen LogP contribution in [0.1, 0.15) is 31.2 Å². The molecule has 0 aliphatic carbocycles. The number of furan rings is 1. The van der Waals surface area contributed by atoms with Crippen LogP contribution in [0.15, 0.2) is 74.0 Å². The fourth-order valence-corrected chi connectivity index (χ4v) is 6.01. The number of carbonyl (C=O) groups is 1. The topological polar surface area (TPSA) is 92.3 Å². The molecule has 2 aliphatic rings. The number of rotatable bonds is 5. The number of halogens is 2. The van der Waals surface area contributed by atoms with Crippen molar-refractivity contribution >= 4 is 46.6 Å². The van der Waals surface area contributed by atoms with Gasteiger partial charge in [-0.1, -0.05) is 46.7 Å². The lowest BCUT2D eigenvalue weighted by Crippen LogP contribution is -2.39. The summed E-state index contributed by atoms with van der Waals surface area (Å²) in [4.78, 5) is 31.9. The van der Waals surface area contributed by atoms with Gasteiger partial charge in [0.05, 0.1) is 38.5 Å². The van der Waals surface area contributed by atoms with Crippen molar-refractivity contribution in [3.05, 3.63) is 101 Å². The van der Waals surface area contributed by atoms with E-state index in [0.29, 0.717) is 59.2 Å². The molecule has 0 N–H and O–H groups in total. The van der Waals surface area contributed by atoms with Crippen LogP contribution in [0.2, 0.25) is 10.0 Å². The number of nitrogens with zero attached hydrogens (tertiary/aromatic N) is 2. The van der Waals surface area contributed by atoms with Crippen molar-refractivity contribution in [2.75, 3.05) is 13.4 Å². The molecule has 0 saturated heterocycles. The molecule has 0 radical (unpaired) electrons. The predicted octanol–water partition coefficient (Wildman–Crippen LogP) is 5.09. The molecule has 0 saturated carbocycles. The first-order valence-corrected chi connectivity index (χ1v) is 13.6. The van der Waals surface area contributed by atoms with E-state index in [1.807, 2.05) is 0 Å². The van der Waals surface area contributed by atoms with Gasteiger partial charge in [-0.25, -0.2) is 9.79 Å². The maximum atomic E-state index is 13.8. The Morgan fingerprint density at radius 1 is 1.18 bits per heavy atom. The summed E-state index contributed by atoms with van der Waals surface area (Å²) < 4.78 is 24.2. The Morgan fingerprint density at radius 3 is 2.82 bits per heavy atom. The molecule has 198 valence electrons. The highest BCUT2D eigenvalue weighted by Crippen LogP contribution is 2.38. The number of ether oxygens (including phenoxy) is 3. The van der Waals surface area contributed by atoms with Gasteiger partial charge >= 0.3 is 5.97 Å². The summed E-state index contributed by atoms with van der Waals surface area (Å²) in [5.41, 5.74) is 1.74. The van der Waals surface area contributed by atoms with Crippen LogP contribution >= 0.6 is 34.5 Å². The highest BCUT2D eigenvalue weighted by atomic mass is 35.5. The van der Waals surface area contributed by atoms with Crippen LogP contribution in [0.5, 0.6) is 11.5 Å². The Hall–Kier alpha value is -3.79. The summed E-state index contributed by atoms with van der Waals surface area (Å²) in [6, 6.07) is 13.4. The Kier molecular flexibility index (Phi) is 6.58. The van der Waals surface area contributed by atoms with Gasteiger partial charge in [-0.15, -0.1) is 0 Å². The molecule has 2 aromatic heterocycles. The first kappa shape index (κ1) is 25.5. The van der Waals surface area contributed by atoms with Gasteiger partial charge in [-0.3, -0.25) is 9.36 Å². The van der Waals surface area contributed by atoms with E-state index >= 15 is 0 Å². The highest BCUT2D eigenvalue weighted by molar-refractivity contribution is 7.07. The molecule has 0 unspecified atom stereocenters. The first-order chi connectivity index (χ1) is 18.9. The van der Waals surface area contributed by atoms with Crippen molar-refractivity contribution in [2.24, 2.45) is 4.99 Å². The lowest BCUT2D eigenvalue weighted by Gasteiger charge is -2.24. The number of aromatic nitrogens is 1. The van der Waals surface area contributed by atoms with Crippen LogP contribution in [-0.4, -0.2) is 23.9 Å². The smallest absolute Gasteiger partial charge is 0.338 e. The van der Waals surface area contributed by atoms with E-state index in [2.05, 4.69) is 4.99 Å². The summed E-state index contributed by atoms with van der Waals surface area (Å²) in [7, 11) is 0. The molecular weight excluding hydrogens is 563 g/mol. The molecule has 0 amide bonds. The average Bonchev–Trinajstić information content (AvgIpc) is 3.64. The number of hydrogen-bond acceptors (Lipinski definition) is 8. The zero-order valence-electron chi connectivity index (χ0n) is 20.7. The van der Waals surface area contributed by atoms with E-state index in [9.17, 15) is 9.59 Å². The van der Waals surface area contributed by atoms with Gasteiger partial charge in [0.1, 0.15) is 11.5 Å². The number of thiazole rings is 1. The molecule has 6 rings (SSSR count). The minimum atomic E-state index is -0.769. The molecule has 1 atom stereocenters. The fourth-order valence-electron chi connectivity index (χ4n) is 4.59. The van der Waals surface area contributed by atoms with Crippen molar-refractivity contribution < 1.29 is 23.4 Å². The van der Waals surface area contributed by atoms with Crippen molar-refractivity contribution in [1.82, 2.24) is 4.57 Å². The van der Waals surface area contributed by atoms with Gasteiger partial charge in [0.25, 0.3) is 5.56 Å². The second-order valence-electron chi connectivity index (χ2n) is 8.72. The number of carbonyl (C=O) groups excluding carboxylic acids is 1. The van der Waals surface area contributed by atoms with Crippen molar-refractivity contribution in [3.8, 4) is 22.8 Å². The third-order valence-electron chi connectivity index (χ3n) is 6.35. The number of esters is 1. The van der Waals surface area contributed by atoms with Crippen LogP contribution in [0.4, 0.5) is 0 Å². The Balaban J connectivity index is 1.48. The molecule has 11 heteroatoms. The lowest BCUT2D eigenvalue weighted by atomic mass is 9.95. The van der Waals surface area contributed by atoms with E-state index in [1.165, 1.54) is 15.9 Å². The van der Waals surface area contributed by atoms with E-state index < -0.39 is 12.0 Å². The van der Waals surface area contributed by atoms with Gasteiger partial charge in [0.15, 0.2) is 16.3 Å². The van der Waals surface area contributed by atoms with Crippen LogP contribution in [0.3, 0.4) is 0 Å². The molecule has 2 aliphatic heterocycles. The summed E-state index contributed by atoms with van der Waals surface area (Å²) in [6.07, 6.45) is 1.64. The van der Waals surface area contributed by atoms with Gasteiger partial charge in [-0.05, 0) is 55.8 Å². The summed E-state index contributed by atoms with van der Waals surface area (Å²) in [6.45, 7) is 3.75. The molecule has 2 aromatic carbocycles. The molecule has 0 spiro atoms. The summed E-state index contributed by atoms with van der Waals surface area (Å²) in [5.74, 6) is 1.56. The minimum Gasteiger partial charge on any atom is -0.463 e. The van der Waals surface area contributed by atoms with E-state index in [4.69, 9.17) is 41.8 Å². The largest absolute Gasteiger partial charge is 0.463 e. The Morgan fingerprint density at radius 2 is 2.00 bits per heavy atom. The van der Waals surface area contributed by atoms with Crippen molar-refractivity contribution in [2.45, 2.75) is 19.9 Å². The molecule has 4 aromatic rings. The Bertz CT molecular complexity index is 1850. The number of hydrogen-bond donors (Lipinski definition) is 0. The van der Waals surface area contributed by atoms with E-state index in [-0.39, 0.29) is 24.5 Å². The van der Waals surface area contributed by atoms with Crippen LogP contribution < -0.4 is 24.4 Å². The average molecular weight is 583 g/mol. The van der Waals surface area contributed by atoms with E-state index in [0.717, 1.165) is 0 Å². The lowest BCUT2D eigenvalue weighted by molar-refractivity contribution is -0.139. The fraction of sp³-hybridized carbons (Fsp3) is 0.179. The van der Waals surface area contributed by atoms with E-state index in [1.54, 1.807) is 68.5 Å². The summed E-state index contributed by atoms with van der Waals surface area (Å²) >= 11 is 13.7. The molecule has 39 heavy (non-hydrogen) atoms. The molecule has 4 heterocycles. The maximum absolute atomic E-state index is 13.8. The van der Waals surface area contributed by atoms with Gasteiger partial charge < -0.3 is 18.6 Å². The normalized spacial score (nSPS) is 16.3. The van der Waals surface area contributed by atoms with Gasteiger partial charge in [-0.2, -0.15) is 0 Å². The van der Waals surface area contributed by atoms with Gasteiger partial charge in [0, 0.05) is 11.6 Å². The highest BCUT2D eigenvalue weighted by Gasteiger charge is 2.34. The molecule has 8 nitrogen and oxygen atoms in total. The maximum Gasteiger partial charge on any atom is 0.338 e. The zero-order chi connectivity index (χ0) is 27.3. The quantitative estimate of drug-likeness (QED) is 0.304. The standard InChI is InChI=1S/C28H20Cl2N2O6S/c1-3-35-27(34)23-14(2)31-28-32(25(23)15-7-9-20-21(11-15)37-13-36-20)26(33)22(39-28)12-16-8-10-19(38-16)17-5-4-6-18(29)24(17)30/h4-12,25H,3,13H2,1-2H3/b22-12+/t25-/m0/s1. The third kappa shape index (κ3) is 4.46. The monoisotopic (exact) mass is 582 g/mol. The minimum absolute atomic E-state index is 0.104. The number of fused-ring (bicyclic) bond motifs is 2. The molecule has 0 bridgehead atoms. The Labute approximate surface area is 236 Å². The van der Waals surface area contributed by atoms with Crippen molar-refractivity contribution in [3.63, 3.8) is 0 Å². The number of allylic oxidation sites excluding steroid dienone is 1. The third-order valence-corrected chi connectivity index (χ3v) is 8.15. The predicted molar refractivity (Wildman–Crippen MR) is 147 cm³/mol.